The maximum absolute atomic E-state index is 13.0. The van der Waals surface area contributed by atoms with Crippen LogP contribution in [-0.2, 0) is 0 Å². The summed E-state index contributed by atoms with van der Waals surface area (Å²) >= 11 is 0. The van der Waals surface area contributed by atoms with Gasteiger partial charge in [0.25, 0.3) is 5.89 Å². The van der Waals surface area contributed by atoms with E-state index in [2.05, 4.69) is 29.3 Å². The second kappa shape index (κ2) is 9.26. The van der Waals surface area contributed by atoms with Gasteiger partial charge < -0.3 is 14.6 Å². The molecule has 0 saturated heterocycles. The quantitative estimate of drug-likeness (QED) is 0.549. The van der Waals surface area contributed by atoms with Crippen LogP contribution in [0.3, 0.4) is 0 Å². The largest absolute Gasteiger partial charge is 0.497 e. The predicted molar refractivity (Wildman–Crippen MR) is 123 cm³/mol. The number of nitrogens with one attached hydrogen (secondary N) is 1. The molecule has 1 N–H and O–H groups in total. The number of allylic oxidation sites excluding steroid dienone is 1. The number of carbonyl (C=O) groups is 1. The van der Waals surface area contributed by atoms with Crippen molar-refractivity contribution < 1.29 is 14.1 Å². The SMILES string of the molecule is COc1ccc(C2NC(=O)N(CCC(C)C)C(C)=C2c2nc(-c3ccccc3)no2)cc1. The van der Waals surface area contributed by atoms with Crippen LogP contribution >= 0.6 is 0 Å². The molecule has 0 radical (unpaired) electrons. The van der Waals surface area contributed by atoms with Crippen LogP contribution < -0.4 is 10.1 Å². The van der Waals surface area contributed by atoms with Gasteiger partial charge >= 0.3 is 6.03 Å². The summed E-state index contributed by atoms with van der Waals surface area (Å²) in [5.74, 6) is 2.14. The van der Waals surface area contributed by atoms with Gasteiger partial charge in [0.15, 0.2) is 0 Å². The molecule has 7 nitrogen and oxygen atoms in total. The summed E-state index contributed by atoms with van der Waals surface area (Å²) in [4.78, 5) is 19.5. The Labute approximate surface area is 188 Å². The van der Waals surface area contributed by atoms with Crippen LogP contribution in [0, 0.1) is 5.92 Å². The lowest BCUT2D eigenvalue weighted by Gasteiger charge is -2.35. The van der Waals surface area contributed by atoms with Crippen molar-refractivity contribution in [3.63, 3.8) is 0 Å². The number of urea groups is 1. The van der Waals surface area contributed by atoms with Crippen molar-refractivity contribution in [1.29, 1.82) is 0 Å². The minimum Gasteiger partial charge on any atom is -0.497 e. The number of hydrogen-bond acceptors (Lipinski definition) is 5. The molecule has 1 aromatic heterocycles. The maximum atomic E-state index is 13.0. The third kappa shape index (κ3) is 4.37. The highest BCUT2D eigenvalue weighted by Gasteiger charge is 2.35. The van der Waals surface area contributed by atoms with Gasteiger partial charge in [0.1, 0.15) is 5.75 Å². The van der Waals surface area contributed by atoms with Gasteiger partial charge in [0.2, 0.25) is 5.82 Å². The second-order valence-electron chi connectivity index (χ2n) is 8.28. The average molecular weight is 433 g/mol. The first-order chi connectivity index (χ1) is 15.5. The van der Waals surface area contributed by atoms with Crippen molar-refractivity contribution in [3.05, 3.63) is 71.7 Å². The number of amides is 2. The van der Waals surface area contributed by atoms with Crippen LogP contribution in [0.4, 0.5) is 4.79 Å². The van der Waals surface area contributed by atoms with Crippen molar-refractivity contribution in [1.82, 2.24) is 20.4 Å². The summed E-state index contributed by atoms with van der Waals surface area (Å²) in [7, 11) is 1.63. The topological polar surface area (TPSA) is 80.5 Å². The monoisotopic (exact) mass is 432 g/mol. The second-order valence-corrected chi connectivity index (χ2v) is 8.28. The summed E-state index contributed by atoms with van der Waals surface area (Å²) in [6, 6.07) is 16.8. The molecule has 0 spiro atoms. The summed E-state index contributed by atoms with van der Waals surface area (Å²) < 4.78 is 11.0. The van der Waals surface area contributed by atoms with E-state index in [9.17, 15) is 4.79 Å². The van der Waals surface area contributed by atoms with Gasteiger partial charge in [-0.2, -0.15) is 4.98 Å². The number of benzene rings is 2. The molecule has 32 heavy (non-hydrogen) atoms. The molecule has 1 aliphatic rings. The van der Waals surface area contributed by atoms with E-state index in [4.69, 9.17) is 9.26 Å². The van der Waals surface area contributed by atoms with Crippen LogP contribution in [0.2, 0.25) is 0 Å². The number of carbonyl (C=O) groups excluding carboxylic acids is 1. The molecule has 0 fully saturated rings. The van der Waals surface area contributed by atoms with Gasteiger partial charge in [0.05, 0.1) is 18.7 Å². The molecule has 7 heteroatoms. The molecule has 166 valence electrons. The molecular formula is C25H28N4O3. The highest BCUT2D eigenvalue weighted by Crippen LogP contribution is 2.38. The van der Waals surface area contributed by atoms with Gasteiger partial charge in [-0.15, -0.1) is 0 Å². The molecule has 1 aliphatic heterocycles. The van der Waals surface area contributed by atoms with Crippen molar-refractivity contribution >= 4 is 11.6 Å². The highest BCUT2D eigenvalue weighted by molar-refractivity contribution is 5.86. The van der Waals surface area contributed by atoms with E-state index in [1.54, 1.807) is 12.0 Å². The minimum atomic E-state index is -0.409. The molecule has 4 rings (SSSR count). The molecule has 0 saturated carbocycles. The molecule has 3 aromatic rings. The third-order valence-corrected chi connectivity index (χ3v) is 5.66. The molecule has 2 amide bonds. The van der Waals surface area contributed by atoms with E-state index >= 15 is 0 Å². The minimum absolute atomic E-state index is 0.129. The molecule has 1 unspecified atom stereocenters. The zero-order valence-corrected chi connectivity index (χ0v) is 18.8. The van der Waals surface area contributed by atoms with E-state index in [-0.39, 0.29) is 6.03 Å². The first-order valence-corrected chi connectivity index (χ1v) is 10.8. The number of rotatable bonds is 7. The Morgan fingerprint density at radius 3 is 2.50 bits per heavy atom. The van der Waals surface area contributed by atoms with Gasteiger partial charge in [-0.3, -0.25) is 4.90 Å². The van der Waals surface area contributed by atoms with E-state index in [0.717, 1.165) is 34.6 Å². The molecule has 2 aromatic carbocycles. The van der Waals surface area contributed by atoms with Crippen molar-refractivity contribution in [2.45, 2.75) is 33.2 Å². The van der Waals surface area contributed by atoms with Gasteiger partial charge in [-0.05, 0) is 37.0 Å². The Morgan fingerprint density at radius 2 is 1.84 bits per heavy atom. The molecule has 0 aliphatic carbocycles. The van der Waals surface area contributed by atoms with Crippen LogP contribution in [0.25, 0.3) is 17.0 Å². The lowest BCUT2D eigenvalue weighted by atomic mass is 9.94. The van der Waals surface area contributed by atoms with E-state index < -0.39 is 6.04 Å². The first-order valence-electron chi connectivity index (χ1n) is 10.8. The van der Waals surface area contributed by atoms with Crippen molar-refractivity contribution in [2.75, 3.05) is 13.7 Å². The van der Waals surface area contributed by atoms with Crippen LogP contribution in [0.15, 0.2) is 64.8 Å². The third-order valence-electron chi connectivity index (χ3n) is 5.66. The highest BCUT2D eigenvalue weighted by atomic mass is 16.5. The van der Waals surface area contributed by atoms with Gasteiger partial charge in [0, 0.05) is 17.8 Å². The van der Waals surface area contributed by atoms with Crippen LogP contribution in [0.1, 0.15) is 44.7 Å². The Bertz CT molecular complexity index is 1100. The van der Waals surface area contributed by atoms with Gasteiger partial charge in [-0.25, -0.2) is 4.79 Å². The molecule has 0 bridgehead atoms. The van der Waals surface area contributed by atoms with E-state index in [1.807, 2.05) is 61.5 Å². The smallest absolute Gasteiger partial charge is 0.322 e. The molecular weight excluding hydrogens is 404 g/mol. The maximum Gasteiger partial charge on any atom is 0.322 e. The van der Waals surface area contributed by atoms with Crippen LogP contribution in [0.5, 0.6) is 5.75 Å². The normalized spacial score (nSPS) is 16.5. The summed E-state index contributed by atoms with van der Waals surface area (Å²) in [6.07, 6.45) is 0.893. The van der Waals surface area contributed by atoms with E-state index in [1.165, 1.54) is 0 Å². The predicted octanol–water partition coefficient (Wildman–Crippen LogP) is 5.29. The zero-order chi connectivity index (χ0) is 22.7. The Hall–Kier alpha value is -3.61. The fraction of sp³-hybridized carbons (Fsp3) is 0.320. The number of aromatic nitrogens is 2. The molecule has 1 atom stereocenters. The number of hydrogen-bond donors (Lipinski definition) is 1. The fourth-order valence-electron chi connectivity index (χ4n) is 3.80. The lowest BCUT2D eigenvalue weighted by Crippen LogP contribution is -2.46. The standard InChI is InChI=1S/C25H28N4O3/c1-16(2)14-15-29-17(3)21(24-27-23(28-32-24)19-8-6-5-7-9-19)22(26-25(29)30)18-10-12-20(31-4)13-11-18/h5-13,16,22H,14-15H2,1-4H3,(H,26,30). The molecule has 2 heterocycles. The first kappa shape index (κ1) is 21.6. The Kier molecular flexibility index (Phi) is 6.25. The van der Waals surface area contributed by atoms with Crippen molar-refractivity contribution in [2.24, 2.45) is 5.92 Å². The summed E-state index contributed by atoms with van der Waals surface area (Å²) in [6.45, 7) is 6.85. The number of nitrogens with zero attached hydrogens (tertiary/aromatic N) is 3. The van der Waals surface area contributed by atoms with Crippen molar-refractivity contribution in [3.8, 4) is 17.1 Å². The number of methoxy groups -OCH3 is 1. The summed E-state index contributed by atoms with van der Waals surface area (Å²) in [5.41, 5.74) is 3.40. The Morgan fingerprint density at radius 1 is 1.12 bits per heavy atom. The van der Waals surface area contributed by atoms with Crippen LogP contribution in [-0.4, -0.2) is 34.7 Å². The Balaban J connectivity index is 1.77. The van der Waals surface area contributed by atoms with Gasteiger partial charge in [-0.1, -0.05) is 61.5 Å². The number of ether oxygens (including phenoxy) is 1. The lowest BCUT2D eigenvalue weighted by molar-refractivity contribution is 0.202. The zero-order valence-electron chi connectivity index (χ0n) is 18.8. The summed E-state index contributed by atoms with van der Waals surface area (Å²) in [5, 5.41) is 7.33. The average Bonchev–Trinajstić information content (AvgIpc) is 3.29. The fourth-order valence-corrected chi connectivity index (χ4v) is 3.80. The van der Waals surface area contributed by atoms with E-state index in [0.29, 0.717) is 24.2 Å².